The lowest BCUT2D eigenvalue weighted by molar-refractivity contribution is -0.132. The molecule has 3 aromatic rings. The van der Waals surface area contributed by atoms with Gasteiger partial charge in [-0.25, -0.2) is 0 Å². The van der Waals surface area contributed by atoms with Crippen LogP contribution in [-0.2, 0) is 29.2 Å². The summed E-state index contributed by atoms with van der Waals surface area (Å²) in [6, 6.07) is 24.8. The number of hydrogen-bond acceptors (Lipinski definition) is 4. The Kier molecular flexibility index (Phi) is 12.0. The molecule has 0 fully saturated rings. The molecule has 0 aliphatic heterocycles. The second kappa shape index (κ2) is 15.2. The third kappa shape index (κ3) is 11.3. The van der Waals surface area contributed by atoms with Crippen molar-refractivity contribution in [1.29, 1.82) is 0 Å². The minimum Gasteiger partial charge on any atom is -0.489 e. The van der Waals surface area contributed by atoms with Crippen LogP contribution in [0.15, 0.2) is 83.3 Å². The van der Waals surface area contributed by atoms with E-state index >= 15 is 0 Å². The van der Waals surface area contributed by atoms with Gasteiger partial charge in [-0.15, -0.1) is 0 Å². The lowest BCUT2D eigenvalue weighted by Crippen LogP contribution is -2.56. The van der Waals surface area contributed by atoms with Crippen LogP contribution in [0.3, 0.4) is 0 Å². The lowest BCUT2D eigenvalue weighted by Gasteiger charge is -2.31. The first-order valence-electron chi connectivity index (χ1n) is 14.2. The van der Waals surface area contributed by atoms with E-state index in [2.05, 4.69) is 57.4 Å². The Balaban J connectivity index is 1.73. The average Bonchev–Trinajstić information content (AvgIpc) is 2.91. The van der Waals surface area contributed by atoms with E-state index in [9.17, 15) is 9.59 Å². The SMILES string of the molecule is CC(C)C[C@H](C(=O)N[C@@H](Cc1ccc(OCc2ccccc2)cc1)C(=O)NC(C)(C)C)N(C)Cc1ccc(Br)cc1. The van der Waals surface area contributed by atoms with E-state index in [1.807, 2.05) is 94.5 Å². The number of hydrogen-bond donors (Lipinski definition) is 2. The number of carbonyl (C=O) groups is 2. The number of nitrogens with zero attached hydrogens (tertiary/aromatic N) is 1. The molecule has 2 amide bonds. The Hall–Kier alpha value is -3.16. The zero-order valence-corrected chi connectivity index (χ0v) is 26.7. The minimum absolute atomic E-state index is 0.143. The maximum Gasteiger partial charge on any atom is 0.243 e. The smallest absolute Gasteiger partial charge is 0.243 e. The van der Waals surface area contributed by atoms with E-state index in [4.69, 9.17) is 4.74 Å². The molecule has 2 N–H and O–H groups in total. The van der Waals surface area contributed by atoms with E-state index in [0.29, 0.717) is 31.9 Å². The molecule has 0 unspecified atom stereocenters. The zero-order valence-electron chi connectivity index (χ0n) is 25.1. The standard InChI is InChI=1S/C34H44BrN3O3/c1-24(2)20-31(38(6)22-26-12-16-28(35)17-13-26)33(40)36-30(32(39)37-34(3,4)5)21-25-14-18-29(19-15-25)41-23-27-10-8-7-9-11-27/h7-19,24,30-31H,20-23H2,1-6H3,(H,36,40)(H,37,39)/t30-,31+/m0/s1. The summed E-state index contributed by atoms with van der Waals surface area (Å²) in [6.45, 7) is 11.2. The molecule has 0 aliphatic rings. The van der Waals surface area contributed by atoms with E-state index in [-0.39, 0.29) is 17.9 Å². The van der Waals surface area contributed by atoms with Gasteiger partial charge in [0.2, 0.25) is 11.8 Å². The number of benzene rings is 3. The van der Waals surface area contributed by atoms with Crippen LogP contribution in [0.1, 0.15) is 57.7 Å². The van der Waals surface area contributed by atoms with E-state index in [0.717, 1.165) is 26.9 Å². The first-order chi connectivity index (χ1) is 19.4. The highest BCUT2D eigenvalue weighted by Gasteiger charge is 2.30. The monoisotopic (exact) mass is 621 g/mol. The normalized spacial score (nSPS) is 13.1. The number of likely N-dealkylation sites (N-methyl/N-ethyl adjacent to an activating group) is 1. The van der Waals surface area contributed by atoms with Gasteiger partial charge in [0.15, 0.2) is 0 Å². The maximum absolute atomic E-state index is 13.7. The van der Waals surface area contributed by atoms with Gasteiger partial charge in [0, 0.05) is 23.0 Å². The number of carbonyl (C=O) groups excluding carboxylic acids is 2. The predicted molar refractivity (Wildman–Crippen MR) is 170 cm³/mol. The number of halogens is 1. The summed E-state index contributed by atoms with van der Waals surface area (Å²) in [5.74, 6) is 0.719. The second-order valence-corrected chi connectivity index (χ2v) is 13.0. The average molecular weight is 623 g/mol. The van der Waals surface area contributed by atoms with Crippen molar-refractivity contribution in [3.8, 4) is 5.75 Å². The van der Waals surface area contributed by atoms with Crippen LogP contribution in [0.25, 0.3) is 0 Å². The molecule has 0 aromatic heterocycles. The number of rotatable bonds is 13. The zero-order chi connectivity index (χ0) is 30.0. The molecule has 0 aliphatic carbocycles. The first-order valence-corrected chi connectivity index (χ1v) is 15.0. The van der Waals surface area contributed by atoms with Crippen molar-refractivity contribution in [3.63, 3.8) is 0 Å². The highest BCUT2D eigenvalue weighted by Crippen LogP contribution is 2.19. The van der Waals surface area contributed by atoms with Gasteiger partial charge in [-0.2, -0.15) is 0 Å². The van der Waals surface area contributed by atoms with Crippen molar-refractivity contribution in [2.45, 2.75) is 78.2 Å². The van der Waals surface area contributed by atoms with Crippen molar-refractivity contribution < 1.29 is 14.3 Å². The van der Waals surface area contributed by atoms with Gasteiger partial charge in [0.25, 0.3) is 0 Å². The van der Waals surface area contributed by atoms with Crippen molar-refractivity contribution in [2.75, 3.05) is 7.05 Å². The van der Waals surface area contributed by atoms with Crippen LogP contribution < -0.4 is 15.4 Å². The van der Waals surface area contributed by atoms with E-state index < -0.39 is 11.6 Å². The molecule has 0 radical (unpaired) electrons. The molecule has 41 heavy (non-hydrogen) atoms. The predicted octanol–water partition coefficient (Wildman–Crippen LogP) is 6.52. The van der Waals surface area contributed by atoms with Crippen LogP contribution in [0, 0.1) is 5.92 Å². The molecule has 2 atom stereocenters. The Morgan fingerprint density at radius 2 is 1.46 bits per heavy atom. The number of ether oxygens (including phenoxy) is 1. The van der Waals surface area contributed by atoms with Gasteiger partial charge < -0.3 is 15.4 Å². The fourth-order valence-corrected chi connectivity index (χ4v) is 4.82. The minimum atomic E-state index is -0.714. The van der Waals surface area contributed by atoms with E-state index in [1.165, 1.54) is 0 Å². The summed E-state index contributed by atoms with van der Waals surface area (Å²) in [4.78, 5) is 29.2. The topological polar surface area (TPSA) is 70.7 Å². The Labute approximate surface area is 254 Å². The summed E-state index contributed by atoms with van der Waals surface area (Å²) in [5, 5.41) is 6.15. The fraction of sp³-hybridized carbons (Fsp3) is 0.412. The maximum atomic E-state index is 13.7. The highest BCUT2D eigenvalue weighted by molar-refractivity contribution is 9.10. The van der Waals surface area contributed by atoms with Crippen molar-refractivity contribution in [1.82, 2.24) is 15.5 Å². The van der Waals surface area contributed by atoms with Crippen molar-refractivity contribution in [2.24, 2.45) is 5.92 Å². The van der Waals surface area contributed by atoms with Gasteiger partial charge >= 0.3 is 0 Å². The molecule has 3 rings (SSSR count). The fourth-order valence-electron chi connectivity index (χ4n) is 4.55. The van der Waals surface area contributed by atoms with E-state index in [1.54, 1.807) is 0 Å². The molecule has 0 heterocycles. The first kappa shape index (κ1) is 32.4. The largest absolute Gasteiger partial charge is 0.489 e. The second-order valence-electron chi connectivity index (χ2n) is 12.1. The quantitative estimate of drug-likeness (QED) is 0.228. The molecule has 220 valence electrons. The summed E-state index contributed by atoms with van der Waals surface area (Å²) >= 11 is 3.48. The summed E-state index contributed by atoms with van der Waals surface area (Å²) in [5.41, 5.74) is 2.73. The molecular formula is C34H44BrN3O3. The van der Waals surface area contributed by atoms with Gasteiger partial charge in [-0.1, -0.05) is 84.4 Å². The van der Waals surface area contributed by atoms with Crippen LogP contribution in [0.4, 0.5) is 0 Å². The molecule has 3 aromatic carbocycles. The molecule has 6 nitrogen and oxygen atoms in total. The lowest BCUT2D eigenvalue weighted by atomic mass is 9.99. The molecule has 0 spiro atoms. The third-order valence-electron chi connectivity index (χ3n) is 6.62. The molecule has 0 saturated heterocycles. The molecular weight excluding hydrogens is 578 g/mol. The van der Waals surface area contributed by atoms with Crippen LogP contribution in [-0.4, -0.2) is 41.4 Å². The number of nitrogens with one attached hydrogen (secondary N) is 2. The molecule has 7 heteroatoms. The summed E-state index contributed by atoms with van der Waals surface area (Å²) in [7, 11) is 1.97. The van der Waals surface area contributed by atoms with Gasteiger partial charge in [-0.05, 0) is 81.1 Å². The Bertz CT molecular complexity index is 1240. The Morgan fingerprint density at radius 1 is 0.854 bits per heavy atom. The third-order valence-corrected chi connectivity index (χ3v) is 7.15. The molecule has 0 saturated carbocycles. The highest BCUT2D eigenvalue weighted by atomic mass is 79.9. The van der Waals surface area contributed by atoms with Crippen molar-refractivity contribution in [3.05, 3.63) is 100 Å². The van der Waals surface area contributed by atoms with Gasteiger partial charge in [0.1, 0.15) is 18.4 Å². The van der Waals surface area contributed by atoms with Gasteiger partial charge in [-0.3, -0.25) is 14.5 Å². The summed E-state index contributed by atoms with van der Waals surface area (Å²) < 4.78 is 6.94. The van der Waals surface area contributed by atoms with Crippen molar-refractivity contribution >= 4 is 27.7 Å². The summed E-state index contributed by atoms with van der Waals surface area (Å²) in [6.07, 6.45) is 1.05. The molecule has 0 bridgehead atoms. The van der Waals surface area contributed by atoms with Crippen LogP contribution in [0.2, 0.25) is 0 Å². The van der Waals surface area contributed by atoms with Gasteiger partial charge in [0.05, 0.1) is 6.04 Å². The van der Waals surface area contributed by atoms with Crippen LogP contribution >= 0.6 is 15.9 Å². The Morgan fingerprint density at radius 3 is 2.05 bits per heavy atom. The number of amides is 2. The van der Waals surface area contributed by atoms with Crippen LogP contribution in [0.5, 0.6) is 5.75 Å².